The molecule has 0 unspecified atom stereocenters. The Morgan fingerprint density at radius 3 is 2.64 bits per heavy atom. The lowest BCUT2D eigenvalue weighted by molar-refractivity contribution is -0.120. The van der Waals surface area contributed by atoms with Gasteiger partial charge in [0.05, 0.1) is 6.42 Å². The molecule has 0 spiro atoms. The maximum atomic E-state index is 10.6. The number of primary amides is 1. The van der Waals surface area contributed by atoms with Gasteiger partial charge in [0, 0.05) is 0 Å². The Morgan fingerprint density at radius 2 is 2.18 bits per heavy atom. The molecule has 0 aliphatic carbocycles. The Kier molecular flexibility index (Phi) is 1.67. The fraction of sp³-hybridized carbons (Fsp3) is 0.200. The molecule has 0 bridgehead atoms. The zero-order chi connectivity index (χ0) is 8.43. The molecule has 58 valence electrons. The van der Waals surface area contributed by atoms with Gasteiger partial charge in [0.25, 0.3) is 5.91 Å². The first kappa shape index (κ1) is 7.39. The van der Waals surface area contributed by atoms with Crippen LogP contribution in [0.15, 0.2) is 4.99 Å². The molecule has 6 heteroatoms. The minimum Gasteiger partial charge on any atom is -0.365 e. The second kappa shape index (κ2) is 2.49. The van der Waals surface area contributed by atoms with Crippen molar-refractivity contribution >= 4 is 23.6 Å². The van der Waals surface area contributed by atoms with Gasteiger partial charge in [-0.1, -0.05) is 0 Å². The molecule has 0 saturated heterocycles. The van der Waals surface area contributed by atoms with Gasteiger partial charge in [-0.3, -0.25) is 14.9 Å². The first-order valence-electron chi connectivity index (χ1n) is 2.81. The summed E-state index contributed by atoms with van der Waals surface area (Å²) in [4.78, 5) is 34.6. The van der Waals surface area contributed by atoms with Gasteiger partial charge in [-0.2, -0.15) is 4.99 Å². The first-order chi connectivity index (χ1) is 5.09. The first-order valence-corrected chi connectivity index (χ1v) is 2.81. The topological polar surface area (TPSA) is 102 Å². The average Bonchev–Trinajstić information content (AvgIpc) is 1.85. The normalized spacial score (nSPS) is 17.3. The number of nitrogens with one attached hydrogen (secondary N) is 1. The van der Waals surface area contributed by atoms with Gasteiger partial charge in [0.1, 0.15) is 5.71 Å². The molecule has 4 amide bonds. The zero-order valence-electron chi connectivity index (χ0n) is 5.46. The third kappa shape index (κ3) is 1.60. The van der Waals surface area contributed by atoms with Crippen LogP contribution in [0.2, 0.25) is 0 Å². The molecule has 0 radical (unpaired) electrons. The van der Waals surface area contributed by atoms with Gasteiger partial charge >= 0.3 is 6.03 Å². The van der Waals surface area contributed by atoms with Gasteiger partial charge in [0.2, 0.25) is 5.91 Å². The molecule has 1 heterocycles. The van der Waals surface area contributed by atoms with E-state index in [0.717, 1.165) is 0 Å². The van der Waals surface area contributed by atoms with Crippen molar-refractivity contribution in [3.05, 3.63) is 0 Å². The summed E-state index contributed by atoms with van der Waals surface area (Å²) in [6, 6.07) is -0.838. The molecule has 1 aliphatic rings. The molecule has 0 fully saturated rings. The molecule has 0 aromatic heterocycles. The van der Waals surface area contributed by atoms with Crippen LogP contribution in [0.5, 0.6) is 0 Å². The van der Waals surface area contributed by atoms with Crippen molar-refractivity contribution in [2.24, 2.45) is 10.7 Å². The molecular formula is C5H5N3O3. The van der Waals surface area contributed by atoms with Crippen LogP contribution in [0.1, 0.15) is 6.42 Å². The van der Waals surface area contributed by atoms with Gasteiger partial charge in [-0.25, -0.2) is 4.79 Å². The number of urea groups is 1. The molecule has 0 saturated carbocycles. The van der Waals surface area contributed by atoms with E-state index in [0.29, 0.717) is 0 Å². The molecular weight excluding hydrogens is 150 g/mol. The van der Waals surface area contributed by atoms with Crippen LogP contribution in [0, 0.1) is 0 Å². The molecule has 1 rings (SSSR count). The SMILES string of the molecule is NC(=O)C1=NC(=O)NC(=O)C1. The fourth-order valence-corrected chi connectivity index (χ4v) is 0.648. The number of amides is 4. The number of hydrogen-bond donors (Lipinski definition) is 2. The number of carbonyl (C=O) groups excluding carboxylic acids is 3. The summed E-state index contributed by atoms with van der Waals surface area (Å²) in [6.07, 6.45) is -0.221. The minimum atomic E-state index is -0.840. The van der Waals surface area contributed by atoms with E-state index in [-0.39, 0.29) is 12.1 Å². The van der Waals surface area contributed by atoms with Gasteiger partial charge in [-0.15, -0.1) is 0 Å². The number of aliphatic imine (C=N–C) groups is 1. The summed E-state index contributed by atoms with van der Waals surface area (Å²) < 4.78 is 0. The number of nitrogens with zero attached hydrogens (tertiary/aromatic N) is 1. The van der Waals surface area contributed by atoms with Crippen LogP contribution in [0.25, 0.3) is 0 Å². The van der Waals surface area contributed by atoms with E-state index in [1.165, 1.54) is 0 Å². The van der Waals surface area contributed by atoms with Crippen LogP contribution < -0.4 is 11.1 Å². The van der Waals surface area contributed by atoms with Crippen molar-refractivity contribution in [1.29, 1.82) is 0 Å². The third-order valence-electron chi connectivity index (χ3n) is 1.10. The standard InChI is InChI=1S/C5H5N3O3/c6-4(10)2-1-3(9)8-5(11)7-2/h1H2,(H2,6,10)(H,8,9,11). The smallest absolute Gasteiger partial charge is 0.348 e. The van der Waals surface area contributed by atoms with Gasteiger partial charge in [0.15, 0.2) is 0 Å². The second-order valence-electron chi connectivity index (χ2n) is 1.95. The Balaban J connectivity index is 2.89. The third-order valence-corrected chi connectivity index (χ3v) is 1.10. The lowest BCUT2D eigenvalue weighted by atomic mass is 10.2. The lowest BCUT2D eigenvalue weighted by Gasteiger charge is -2.07. The highest BCUT2D eigenvalue weighted by atomic mass is 16.2. The Bertz CT molecular complexity index is 268. The summed E-state index contributed by atoms with van der Waals surface area (Å²) in [5.41, 5.74) is 4.59. The molecule has 0 atom stereocenters. The zero-order valence-corrected chi connectivity index (χ0v) is 5.46. The predicted octanol–water partition coefficient (Wildman–Crippen LogP) is -1.45. The molecule has 1 aliphatic heterocycles. The van der Waals surface area contributed by atoms with E-state index < -0.39 is 17.8 Å². The van der Waals surface area contributed by atoms with Crippen molar-refractivity contribution in [1.82, 2.24) is 5.32 Å². The average molecular weight is 155 g/mol. The van der Waals surface area contributed by atoms with Gasteiger partial charge in [-0.05, 0) is 0 Å². The van der Waals surface area contributed by atoms with Crippen molar-refractivity contribution in [2.45, 2.75) is 6.42 Å². The second-order valence-corrected chi connectivity index (χ2v) is 1.95. The molecule has 3 N–H and O–H groups in total. The monoisotopic (exact) mass is 155 g/mol. The Morgan fingerprint density at radius 1 is 1.55 bits per heavy atom. The summed E-state index contributed by atoms with van der Waals surface area (Å²) >= 11 is 0. The van der Waals surface area contributed by atoms with E-state index in [2.05, 4.69) is 4.99 Å². The highest BCUT2D eigenvalue weighted by Gasteiger charge is 2.20. The van der Waals surface area contributed by atoms with E-state index in [1.807, 2.05) is 5.32 Å². The molecule has 11 heavy (non-hydrogen) atoms. The molecule has 6 nitrogen and oxygen atoms in total. The van der Waals surface area contributed by atoms with Crippen LogP contribution in [-0.2, 0) is 9.59 Å². The highest BCUT2D eigenvalue weighted by molar-refractivity contribution is 6.44. The van der Waals surface area contributed by atoms with E-state index in [4.69, 9.17) is 5.73 Å². The van der Waals surface area contributed by atoms with E-state index in [1.54, 1.807) is 0 Å². The Labute approximate surface area is 61.5 Å². The highest BCUT2D eigenvalue weighted by Crippen LogP contribution is 1.94. The van der Waals surface area contributed by atoms with Crippen molar-refractivity contribution in [3.8, 4) is 0 Å². The maximum absolute atomic E-state index is 10.6. The summed E-state index contributed by atoms with van der Waals surface area (Å²) in [5.74, 6) is -1.40. The number of nitrogens with two attached hydrogens (primary N) is 1. The lowest BCUT2D eigenvalue weighted by Crippen LogP contribution is -2.39. The number of imide groups is 1. The maximum Gasteiger partial charge on any atom is 0.348 e. The summed E-state index contributed by atoms with van der Waals surface area (Å²) in [7, 11) is 0. The minimum absolute atomic E-state index is 0.196. The van der Waals surface area contributed by atoms with Crippen molar-refractivity contribution < 1.29 is 14.4 Å². The summed E-state index contributed by atoms with van der Waals surface area (Å²) in [6.45, 7) is 0. The van der Waals surface area contributed by atoms with Gasteiger partial charge < -0.3 is 5.73 Å². The summed E-state index contributed by atoms with van der Waals surface area (Å²) in [5, 5.41) is 1.89. The number of carbonyl (C=O) groups is 3. The number of hydrogen-bond acceptors (Lipinski definition) is 3. The van der Waals surface area contributed by atoms with Crippen LogP contribution in [0.4, 0.5) is 4.79 Å². The van der Waals surface area contributed by atoms with Crippen LogP contribution >= 0.6 is 0 Å². The predicted molar refractivity (Wildman–Crippen MR) is 34.8 cm³/mol. The number of rotatable bonds is 1. The quantitative estimate of drug-likeness (QED) is 0.484. The van der Waals surface area contributed by atoms with Crippen LogP contribution in [0.3, 0.4) is 0 Å². The van der Waals surface area contributed by atoms with E-state index >= 15 is 0 Å². The molecule has 0 aromatic rings. The largest absolute Gasteiger partial charge is 0.365 e. The van der Waals surface area contributed by atoms with Crippen LogP contribution in [-0.4, -0.2) is 23.6 Å². The van der Waals surface area contributed by atoms with E-state index in [9.17, 15) is 14.4 Å². The molecule has 0 aromatic carbocycles. The fourth-order valence-electron chi connectivity index (χ4n) is 0.648. The van der Waals surface area contributed by atoms with Crippen molar-refractivity contribution in [2.75, 3.05) is 0 Å². The Hall–Kier alpha value is -1.72. The van der Waals surface area contributed by atoms with Crippen molar-refractivity contribution in [3.63, 3.8) is 0 Å².